The van der Waals surface area contributed by atoms with Gasteiger partial charge in [-0.15, -0.1) is 0 Å². The van der Waals surface area contributed by atoms with Crippen molar-refractivity contribution in [2.24, 2.45) is 0 Å². The van der Waals surface area contributed by atoms with Crippen LogP contribution in [-0.4, -0.2) is 62.4 Å². The quantitative estimate of drug-likeness (QED) is 0.182. The molecule has 200 valence electrons. The minimum Gasteiger partial charge on any atom is -0.480 e. The van der Waals surface area contributed by atoms with E-state index in [1.807, 2.05) is 6.07 Å². The summed E-state index contributed by atoms with van der Waals surface area (Å²) in [7, 11) is 0. The van der Waals surface area contributed by atoms with Crippen molar-refractivity contribution in [3.8, 4) is 11.5 Å². The lowest BCUT2D eigenvalue weighted by molar-refractivity contribution is -0.142. The Labute approximate surface area is 222 Å². The lowest BCUT2D eigenvalue weighted by Crippen LogP contribution is -2.54. The van der Waals surface area contributed by atoms with Gasteiger partial charge in [0.25, 0.3) is 5.91 Å². The molecule has 0 saturated carbocycles. The van der Waals surface area contributed by atoms with Crippen molar-refractivity contribution in [2.75, 3.05) is 6.54 Å². The second-order valence-corrected chi connectivity index (χ2v) is 8.58. The van der Waals surface area contributed by atoms with Gasteiger partial charge in [-0.1, -0.05) is 48.5 Å². The number of carbonyl (C=O) groups excluding carboxylic acids is 3. The summed E-state index contributed by atoms with van der Waals surface area (Å²) < 4.78 is 5.35. The highest BCUT2D eigenvalue weighted by Gasteiger charge is 2.27. The Kier molecular flexibility index (Phi) is 8.80. The van der Waals surface area contributed by atoms with E-state index in [9.17, 15) is 24.3 Å². The average molecular weight is 531 g/mol. The van der Waals surface area contributed by atoms with Gasteiger partial charge in [0.05, 0.1) is 12.9 Å². The molecular weight excluding hydrogens is 504 g/mol. The maximum atomic E-state index is 13.1. The normalized spacial score (nSPS) is 12.2. The van der Waals surface area contributed by atoms with Crippen LogP contribution in [0, 0.1) is 0 Å². The molecular formula is C27H26N6O6. The van der Waals surface area contributed by atoms with E-state index in [4.69, 9.17) is 4.42 Å². The molecule has 2 atom stereocenters. The molecule has 4 rings (SSSR count). The van der Waals surface area contributed by atoms with E-state index in [-0.39, 0.29) is 24.4 Å². The van der Waals surface area contributed by atoms with Crippen LogP contribution in [0.1, 0.15) is 21.7 Å². The third-order valence-electron chi connectivity index (χ3n) is 5.69. The number of nitrogens with zero attached hydrogens (tertiary/aromatic N) is 2. The van der Waals surface area contributed by atoms with Crippen LogP contribution in [0.5, 0.6) is 0 Å². The maximum Gasteiger partial charge on any atom is 0.326 e. The van der Waals surface area contributed by atoms with E-state index in [0.717, 1.165) is 5.56 Å². The van der Waals surface area contributed by atoms with Crippen LogP contribution < -0.4 is 16.0 Å². The average Bonchev–Trinajstić information content (AvgIpc) is 3.65. The maximum absolute atomic E-state index is 13.1. The summed E-state index contributed by atoms with van der Waals surface area (Å²) in [6.07, 6.45) is 4.17. The number of carboxylic acid groups (broad SMARTS) is 1. The van der Waals surface area contributed by atoms with Gasteiger partial charge in [-0.05, 0) is 17.7 Å². The van der Waals surface area contributed by atoms with Crippen LogP contribution in [0.15, 0.2) is 83.9 Å². The van der Waals surface area contributed by atoms with E-state index >= 15 is 0 Å². The van der Waals surface area contributed by atoms with Gasteiger partial charge in [-0.2, -0.15) is 0 Å². The van der Waals surface area contributed by atoms with Crippen LogP contribution in [0.25, 0.3) is 11.5 Å². The first kappa shape index (κ1) is 26.8. The molecule has 4 aromatic rings. The number of carboxylic acids is 1. The van der Waals surface area contributed by atoms with E-state index in [1.54, 1.807) is 54.6 Å². The molecule has 3 amide bonds. The fraction of sp³-hybridized carbons (Fsp3) is 0.185. The Bertz CT molecular complexity index is 1410. The summed E-state index contributed by atoms with van der Waals surface area (Å²) in [5, 5.41) is 17.1. The summed E-state index contributed by atoms with van der Waals surface area (Å²) in [6, 6.07) is 15.5. The Morgan fingerprint density at radius 3 is 2.31 bits per heavy atom. The Morgan fingerprint density at radius 2 is 1.64 bits per heavy atom. The van der Waals surface area contributed by atoms with Crippen molar-refractivity contribution in [3.63, 3.8) is 0 Å². The lowest BCUT2D eigenvalue weighted by atomic mass is 10.0. The zero-order valence-corrected chi connectivity index (χ0v) is 20.7. The molecule has 12 nitrogen and oxygen atoms in total. The van der Waals surface area contributed by atoms with Crippen LogP contribution in [0.3, 0.4) is 0 Å². The van der Waals surface area contributed by atoms with Crippen LogP contribution in [-0.2, 0) is 27.2 Å². The SMILES string of the molecule is O=C(CNC(=O)c1coc(-c2ccccc2)n1)N[C@@H](Cc1cnc[nH]1)C(=O)N[C@@H](Cc1ccccc1)C(=O)O. The molecule has 2 aromatic heterocycles. The molecule has 0 aliphatic carbocycles. The first-order valence-electron chi connectivity index (χ1n) is 12.0. The molecule has 0 aliphatic rings. The van der Waals surface area contributed by atoms with Gasteiger partial charge in [0, 0.05) is 30.3 Å². The second kappa shape index (κ2) is 12.8. The highest BCUT2D eigenvalue weighted by Crippen LogP contribution is 2.17. The summed E-state index contributed by atoms with van der Waals surface area (Å²) in [4.78, 5) is 61.0. The minimum absolute atomic E-state index is 0.0152. The summed E-state index contributed by atoms with van der Waals surface area (Å²) in [5.41, 5.74) is 1.95. The molecule has 0 radical (unpaired) electrons. The standard InChI is InChI=1S/C27H26N6O6/c34-23(14-29-24(35)22-15-39-26(33-22)18-9-5-2-6-10-18)31-20(12-19-13-28-16-30-19)25(36)32-21(27(37)38)11-17-7-3-1-4-8-17/h1-10,13,15-16,20-21H,11-12,14H2,(H,28,30)(H,29,35)(H,31,34)(H,32,36)(H,37,38)/t20-,21-/m0/s1. The van der Waals surface area contributed by atoms with Crippen molar-refractivity contribution >= 4 is 23.7 Å². The van der Waals surface area contributed by atoms with Crippen molar-refractivity contribution in [1.82, 2.24) is 30.9 Å². The Balaban J connectivity index is 1.37. The topological polar surface area (TPSA) is 179 Å². The lowest BCUT2D eigenvalue weighted by Gasteiger charge is -2.21. The molecule has 0 spiro atoms. The number of carbonyl (C=O) groups is 4. The van der Waals surface area contributed by atoms with Crippen molar-refractivity contribution in [3.05, 3.63) is 96.4 Å². The van der Waals surface area contributed by atoms with E-state index in [1.165, 1.54) is 18.8 Å². The monoisotopic (exact) mass is 530 g/mol. The molecule has 0 saturated heterocycles. The smallest absolute Gasteiger partial charge is 0.326 e. The molecule has 0 bridgehead atoms. The number of benzene rings is 2. The summed E-state index contributed by atoms with van der Waals surface area (Å²) in [6.45, 7) is -0.453. The van der Waals surface area contributed by atoms with E-state index in [0.29, 0.717) is 11.3 Å². The van der Waals surface area contributed by atoms with Gasteiger partial charge < -0.3 is 30.5 Å². The molecule has 12 heteroatoms. The third-order valence-corrected chi connectivity index (χ3v) is 5.69. The van der Waals surface area contributed by atoms with Crippen molar-refractivity contribution < 1.29 is 28.7 Å². The van der Waals surface area contributed by atoms with Gasteiger partial charge in [-0.25, -0.2) is 14.8 Å². The number of hydrogen-bond acceptors (Lipinski definition) is 7. The molecule has 39 heavy (non-hydrogen) atoms. The first-order chi connectivity index (χ1) is 18.9. The fourth-order valence-electron chi connectivity index (χ4n) is 3.74. The zero-order valence-electron chi connectivity index (χ0n) is 20.7. The molecule has 0 unspecified atom stereocenters. The molecule has 0 aliphatic heterocycles. The second-order valence-electron chi connectivity index (χ2n) is 8.58. The van der Waals surface area contributed by atoms with Gasteiger partial charge in [0.1, 0.15) is 18.3 Å². The largest absolute Gasteiger partial charge is 0.480 e. The molecule has 2 aromatic carbocycles. The number of hydrogen-bond donors (Lipinski definition) is 5. The van der Waals surface area contributed by atoms with Gasteiger partial charge in [0.15, 0.2) is 5.69 Å². The number of H-pyrrole nitrogens is 1. The number of imidazole rings is 1. The zero-order chi connectivity index (χ0) is 27.6. The number of rotatable bonds is 12. The molecule has 0 fully saturated rings. The highest BCUT2D eigenvalue weighted by molar-refractivity contribution is 5.96. The van der Waals surface area contributed by atoms with Crippen LogP contribution in [0.4, 0.5) is 0 Å². The summed E-state index contributed by atoms with van der Waals surface area (Å²) in [5.74, 6) is -2.96. The number of oxazole rings is 1. The molecule has 5 N–H and O–H groups in total. The van der Waals surface area contributed by atoms with Crippen LogP contribution in [0.2, 0.25) is 0 Å². The van der Waals surface area contributed by atoms with E-state index in [2.05, 4.69) is 30.9 Å². The number of amides is 3. The predicted octanol–water partition coefficient (Wildman–Crippen LogP) is 1.33. The predicted molar refractivity (Wildman–Crippen MR) is 138 cm³/mol. The van der Waals surface area contributed by atoms with Crippen LogP contribution >= 0.6 is 0 Å². The first-order valence-corrected chi connectivity index (χ1v) is 12.0. The fourth-order valence-corrected chi connectivity index (χ4v) is 3.74. The Morgan fingerprint density at radius 1 is 0.923 bits per heavy atom. The van der Waals surface area contributed by atoms with Crippen molar-refractivity contribution in [1.29, 1.82) is 0 Å². The van der Waals surface area contributed by atoms with Crippen molar-refractivity contribution in [2.45, 2.75) is 24.9 Å². The minimum atomic E-state index is -1.22. The number of aromatic nitrogens is 3. The third kappa shape index (κ3) is 7.61. The Hall–Kier alpha value is -5.26. The number of aliphatic carboxylic acids is 1. The van der Waals surface area contributed by atoms with Gasteiger partial charge in [0.2, 0.25) is 17.7 Å². The van der Waals surface area contributed by atoms with E-state index < -0.39 is 42.3 Å². The summed E-state index contributed by atoms with van der Waals surface area (Å²) >= 11 is 0. The number of nitrogens with one attached hydrogen (secondary N) is 4. The molecule has 2 heterocycles. The van der Waals surface area contributed by atoms with Gasteiger partial charge in [-0.3, -0.25) is 14.4 Å². The van der Waals surface area contributed by atoms with Gasteiger partial charge >= 0.3 is 5.97 Å². The highest BCUT2D eigenvalue weighted by atomic mass is 16.4. The number of aromatic amines is 1.